The molecule has 0 spiro atoms. The van der Waals surface area contributed by atoms with Gasteiger partial charge >= 0.3 is 0 Å². The van der Waals surface area contributed by atoms with Crippen molar-refractivity contribution in [3.8, 4) is 0 Å². The Morgan fingerprint density at radius 3 is 2.83 bits per heavy atom. The van der Waals surface area contributed by atoms with Crippen LogP contribution in [0.4, 0.5) is 17.2 Å². The van der Waals surface area contributed by atoms with E-state index in [-0.39, 0.29) is 11.3 Å². The van der Waals surface area contributed by atoms with Crippen molar-refractivity contribution in [3.63, 3.8) is 0 Å². The molecule has 0 bridgehead atoms. The summed E-state index contributed by atoms with van der Waals surface area (Å²) in [7, 11) is 0. The number of amides is 1. The van der Waals surface area contributed by atoms with Gasteiger partial charge in [0.05, 0.1) is 17.9 Å². The van der Waals surface area contributed by atoms with Crippen LogP contribution < -0.4 is 10.2 Å². The van der Waals surface area contributed by atoms with Gasteiger partial charge < -0.3 is 10.2 Å². The largest absolute Gasteiger partial charge is 0.338 e. The quantitative estimate of drug-likeness (QED) is 0.862. The highest BCUT2D eigenvalue weighted by molar-refractivity contribution is 6.01. The second kappa shape index (κ2) is 5.08. The first-order chi connectivity index (χ1) is 11.1. The maximum absolute atomic E-state index is 13.3. The van der Waals surface area contributed by atoms with Crippen molar-refractivity contribution in [1.29, 1.82) is 0 Å². The van der Waals surface area contributed by atoms with Crippen LogP contribution in [0.25, 0.3) is 0 Å². The first-order valence-corrected chi connectivity index (χ1v) is 8.19. The first kappa shape index (κ1) is 14.2. The molecule has 0 atom stereocenters. The van der Waals surface area contributed by atoms with Crippen LogP contribution >= 0.6 is 0 Å². The molecule has 1 aromatic heterocycles. The standard InChI is InChI=1S/C19H21N3O/c1-13-10-19(2,11-13)18(23)22-12-14-6-5-9-20-17(14)21-15-7-3-4-8-16(15)22/h3-9,13H,10-12H2,1-2H3,(H,20,21). The monoisotopic (exact) mass is 307 g/mol. The van der Waals surface area contributed by atoms with Gasteiger partial charge in [-0.3, -0.25) is 4.79 Å². The summed E-state index contributed by atoms with van der Waals surface area (Å²) in [5.74, 6) is 1.70. The molecular formula is C19H21N3O. The number of nitrogens with one attached hydrogen (secondary N) is 1. The lowest BCUT2D eigenvalue weighted by Crippen LogP contribution is -2.48. The Morgan fingerprint density at radius 1 is 1.26 bits per heavy atom. The Morgan fingerprint density at radius 2 is 2.04 bits per heavy atom. The highest BCUT2D eigenvalue weighted by atomic mass is 16.2. The molecule has 1 aliphatic heterocycles. The Bertz CT molecular complexity index is 765. The molecule has 0 radical (unpaired) electrons. The van der Waals surface area contributed by atoms with E-state index in [1.54, 1.807) is 6.20 Å². The molecule has 1 amide bonds. The smallest absolute Gasteiger partial charge is 0.233 e. The summed E-state index contributed by atoms with van der Waals surface area (Å²) >= 11 is 0. The number of nitrogens with zero attached hydrogens (tertiary/aromatic N) is 2. The van der Waals surface area contributed by atoms with Gasteiger partial charge in [-0.15, -0.1) is 0 Å². The van der Waals surface area contributed by atoms with E-state index >= 15 is 0 Å². The van der Waals surface area contributed by atoms with E-state index in [4.69, 9.17) is 0 Å². The third kappa shape index (κ3) is 2.29. The molecule has 4 heteroatoms. The molecule has 1 saturated carbocycles. The number of anilines is 3. The van der Waals surface area contributed by atoms with E-state index in [0.717, 1.165) is 35.6 Å². The number of carbonyl (C=O) groups is 1. The second-order valence-corrected chi connectivity index (χ2v) is 7.12. The molecule has 4 rings (SSSR count). The SMILES string of the molecule is CC1CC(C)(C(=O)N2Cc3cccnc3Nc3ccccc32)C1. The number of carbonyl (C=O) groups excluding carboxylic acids is 1. The van der Waals surface area contributed by atoms with E-state index in [2.05, 4.69) is 24.1 Å². The fourth-order valence-corrected chi connectivity index (χ4v) is 4.04. The average Bonchev–Trinajstić information content (AvgIpc) is 2.69. The Labute approximate surface area is 136 Å². The molecule has 1 fully saturated rings. The molecule has 118 valence electrons. The topological polar surface area (TPSA) is 45.2 Å². The maximum atomic E-state index is 13.3. The summed E-state index contributed by atoms with van der Waals surface area (Å²) in [5, 5.41) is 3.38. The number of hydrogen-bond acceptors (Lipinski definition) is 3. The molecule has 1 aliphatic carbocycles. The van der Waals surface area contributed by atoms with Gasteiger partial charge in [0.15, 0.2) is 0 Å². The third-order valence-corrected chi connectivity index (χ3v) is 5.03. The van der Waals surface area contributed by atoms with E-state index in [0.29, 0.717) is 12.5 Å². The van der Waals surface area contributed by atoms with E-state index < -0.39 is 0 Å². The highest BCUT2D eigenvalue weighted by Gasteiger charge is 2.46. The zero-order valence-corrected chi connectivity index (χ0v) is 13.5. The number of para-hydroxylation sites is 2. The van der Waals surface area contributed by atoms with Crippen LogP contribution in [-0.2, 0) is 11.3 Å². The van der Waals surface area contributed by atoms with Gasteiger partial charge in [-0.05, 0) is 37.0 Å². The lowest BCUT2D eigenvalue weighted by molar-refractivity contribution is -0.134. The Balaban J connectivity index is 1.78. The molecule has 1 aromatic carbocycles. The van der Waals surface area contributed by atoms with Crippen LogP contribution in [-0.4, -0.2) is 10.9 Å². The maximum Gasteiger partial charge on any atom is 0.233 e. The van der Waals surface area contributed by atoms with Gasteiger partial charge in [0, 0.05) is 17.2 Å². The molecule has 0 unspecified atom stereocenters. The molecule has 23 heavy (non-hydrogen) atoms. The van der Waals surface area contributed by atoms with E-state index in [1.807, 2.05) is 41.3 Å². The van der Waals surface area contributed by atoms with Crippen molar-refractivity contribution in [3.05, 3.63) is 48.2 Å². The fourth-order valence-electron chi connectivity index (χ4n) is 4.04. The van der Waals surface area contributed by atoms with Crippen LogP contribution in [0, 0.1) is 11.3 Å². The summed E-state index contributed by atoms with van der Waals surface area (Å²) in [4.78, 5) is 19.6. The summed E-state index contributed by atoms with van der Waals surface area (Å²) in [6.07, 6.45) is 3.72. The molecule has 2 aliphatic rings. The third-order valence-electron chi connectivity index (χ3n) is 5.03. The van der Waals surface area contributed by atoms with E-state index in [9.17, 15) is 4.79 Å². The van der Waals surface area contributed by atoms with Crippen LogP contribution in [0.1, 0.15) is 32.3 Å². The summed E-state index contributed by atoms with van der Waals surface area (Å²) in [6, 6.07) is 11.9. The minimum atomic E-state index is -0.237. The zero-order valence-electron chi connectivity index (χ0n) is 13.5. The molecule has 2 aromatic rings. The molecule has 2 heterocycles. The first-order valence-electron chi connectivity index (χ1n) is 8.19. The highest BCUT2D eigenvalue weighted by Crippen LogP contribution is 2.48. The van der Waals surface area contributed by atoms with Crippen molar-refractivity contribution in [1.82, 2.24) is 4.98 Å². The van der Waals surface area contributed by atoms with Crippen molar-refractivity contribution in [2.75, 3.05) is 10.2 Å². The van der Waals surface area contributed by atoms with Crippen LogP contribution in [0.3, 0.4) is 0 Å². The fraction of sp³-hybridized carbons (Fsp3) is 0.368. The molecular weight excluding hydrogens is 286 g/mol. The Kier molecular flexibility index (Phi) is 3.15. The van der Waals surface area contributed by atoms with Gasteiger partial charge in [-0.2, -0.15) is 0 Å². The lowest BCUT2D eigenvalue weighted by Gasteiger charge is -2.45. The number of rotatable bonds is 1. The normalized spacial score (nSPS) is 25.5. The number of pyridine rings is 1. The van der Waals surface area contributed by atoms with Crippen molar-refractivity contribution >= 4 is 23.1 Å². The number of benzene rings is 1. The van der Waals surface area contributed by atoms with Crippen molar-refractivity contribution < 1.29 is 4.79 Å². The number of aromatic nitrogens is 1. The minimum Gasteiger partial charge on any atom is -0.338 e. The van der Waals surface area contributed by atoms with Crippen LogP contribution in [0.2, 0.25) is 0 Å². The predicted molar refractivity (Wildman–Crippen MR) is 91.7 cm³/mol. The summed E-state index contributed by atoms with van der Waals surface area (Å²) in [5.41, 5.74) is 2.69. The van der Waals surface area contributed by atoms with Crippen LogP contribution in [0.5, 0.6) is 0 Å². The molecule has 1 N–H and O–H groups in total. The predicted octanol–water partition coefficient (Wildman–Crippen LogP) is 4.11. The van der Waals surface area contributed by atoms with Crippen LogP contribution in [0.15, 0.2) is 42.6 Å². The van der Waals surface area contributed by atoms with Gasteiger partial charge in [0.25, 0.3) is 0 Å². The zero-order chi connectivity index (χ0) is 16.0. The minimum absolute atomic E-state index is 0.224. The summed E-state index contributed by atoms with van der Waals surface area (Å²) < 4.78 is 0. The molecule has 4 nitrogen and oxygen atoms in total. The second-order valence-electron chi connectivity index (χ2n) is 7.12. The van der Waals surface area contributed by atoms with Gasteiger partial charge in [-0.25, -0.2) is 4.98 Å². The van der Waals surface area contributed by atoms with Gasteiger partial charge in [0.2, 0.25) is 5.91 Å². The van der Waals surface area contributed by atoms with Crippen molar-refractivity contribution in [2.45, 2.75) is 33.2 Å². The Hall–Kier alpha value is -2.36. The molecule has 0 saturated heterocycles. The van der Waals surface area contributed by atoms with Crippen molar-refractivity contribution in [2.24, 2.45) is 11.3 Å². The van der Waals surface area contributed by atoms with Gasteiger partial charge in [-0.1, -0.05) is 32.0 Å². The number of hydrogen-bond donors (Lipinski definition) is 1. The number of fused-ring (bicyclic) bond motifs is 2. The van der Waals surface area contributed by atoms with Gasteiger partial charge in [0.1, 0.15) is 5.82 Å². The average molecular weight is 307 g/mol. The lowest BCUT2D eigenvalue weighted by atomic mass is 9.63. The summed E-state index contributed by atoms with van der Waals surface area (Å²) in [6.45, 7) is 4.88. The van der Waals surface area contributed by atoms with E-state index in [1.165, 1.54) is 0 Å².